The van der Waals surface area contributed by atoms with Crippen LogP contribution in [0.25, 0.3) is 0 Å². The second kappa shape index (κ2) is 11.5. The number of carbonyl (C=O) groups excluding carboxylic acids is 2. The summed E-state index contributed by atoms with van der Waals surface area (Å²) in [6.45, 7) is 8.89. The zero-order chi connectivity index (χ0) is 23.9. The SMILES string of the molecule is CC(C)CC(=O)Nc1cnc(N2CCNCC2)c(C(=O)N2CCC(Cc3ccccc3)CC2)c1. The zero-order valence-electron chi connectivity index (χ0n) is 20.4. The Labute approximate surface area is 202 Å². The summed E-state index contributed by atoms with van der Waals surface area (Å²) in [4.78, 5) is 34.8. The summed E-state index contributed by atoms with van der Waals surface area (Å²) < 4.78 is 0. The first-order valence-electron chi connectivity index (χ1n) is 12.6. The third-order valence-corrected chi connectivity index (χ3v) is 6.66. The number of likely N-dealkylation sites (tertiary alicyclic amines) is 1. The van der Waals surface area contributed by atoms with Crippen molar-refractivity contribution in [3.05, 3.63) is 53.7 Å². The first-order valence-corrected chi connectivity index (χ1v) is 12.6. The number of aromatic nitrogens is 1. The van der Waals surface area contributed by atoms with E-state index in [-0.39, 0.29) is 17.7 Å². The van der Waals surface area contributed by atoms with Gasteiger partial charge in [0.25, 0.3) is 5.91 Å². The monoisotopic (exact) mass is 463 g/mol. The van der Waals surface area contributed by atoms with Gasteiger partial charge in [-0.2, -0.15) is 0 Å². The molecule has 2 aromatic rings. The summed E-state index contributed by atoms with van der Waals surface area (Å²) >= 11 is 0. The molecule has 0 radical (unpaired) electrons. The van der Waals surface area contributed by atoms with E-state index in [0.717, 1.165) is 64.3 Å². The topological polar surface area (TPSA) is 77.6 Å². The first-order chi connectivity index (χ1) is 16.5. The molecule has 4 rings (SSSR count). The number of nitrogens with one attached hydrogen (secondary N) is 2. The third kappa shape index (κ3) is 6.35. The fourth-order valence-corrected chi connectivity index (χ4v) is 4.85. The number of carbonyl (C=O) groups is 2. The molecule has 0 unspecified atom stereocenters. The summed E-state index contributed by atoms with van der Waals surface area (Å²) in [7, 11) is 0. The molecule has 0 saturated carbocycles. The molecule has 0 aliphatic carbocycles. The van der Waals surface area contributed by atoms with Crippen molar-refractivity contribution in [2.45, 2.75) is 39.5 Å². The van der Waals surface area contributed by atoms with Gasteiger partial charge in [0, 0.05) is 45.7 Å². The Morgan fingerprint density at radius 2 is 1.79 bits per heavy atom. The number of nitrogens with zero attached hydrogens (tertiary/aromatic N) is 3. The highest BCUT2D eigenvalue weighted by atomic mass is 16.2. The Bertz CT molecular complexity index is 964. The molecular formula is C27H37N5O2. The second-order valence-electron chi connectivity index (χ2n) is 9.90. The van der Waals surface area contributed by atoms with Crippen LogP contribution in [-0.2, 0) is 11.2 Å². The number of piperazine rings is 1. The molecule has 182 valence electrons. The van der Waals surface area contributed by atoms with Gasteiger partial charge in [0.15, 0.2) is 0 Å². The molecule has 2 amide bonds. The minimum Gasteiger partial charge on any atom is -0.353 e. The van der Waals surface area contributed by atoms with Gasteiger partial charge in [-0.25, -0.2) is 4.98 Å². The minimum absolute atomic E-state index is 0.0131. The predicted molar refractivity (Wildman–Crippen MR) is 136 cm³/mol. The molecule has 1 aromatic heterocycles. The van der Waals surface area contributed by atoms with E-state index >= 15 is 0 Å². The van der Waals surface area contributed by atoms with E-state index in [4.69, 9.17) is 0 Å². The van der Waals surface area contributed by atoms with Crippen LogP contribution in [0.3, 0.4) is 0 Å². The molecule has 2 aliphatic rings. The van der Waals surface area contributed by atoms with Gasteiger partial charge in [0.1, 0.15) is 5.82 Å². The number of benzene rings is 1. The lowest BCUT2D eigenvalue weighted by Crippen LogP contribution is -2.45. The van der Waals surface area contributed by atoms with Gasteiger partial charge in [0.2, 0.25) is 5.91 Å². The van der Waals surface area contributed by atoms with Gasteiger partial charge < -0.3 is 20.4 Å². The average molecular weight is 464 g/mol. The number of piperidine rings is 1. The Balaban J connectivity index is 1.47. The first kappa shape index (κ1) is 24.2. The van der Waals surface area contributed by atoms with Crippen molar-refractivity contribution in [3.63, 3.8) is 0 Å². The van der Waals surface area contributed by atoms with Crippen LogP contribution in [-0.4, -0.2) is 61.0 Å². The van der Waals surface area contributed by atoms with Crippen LogP contribution < -0.4 is 15.5 Å². The second-order valence-corrected chi connectivity index (χ2v) is 9.90. The molecule has 0 atom stereocenters. The number of hydrogen-bond donors (Lipinski definition) is 2. The van der Waals surface area contributed by atoms with Gasteiger partial charge in [0.05, 0.1) is 17.4 Å². The Hall–Kier alpha value is -2.93. The number of hydrogen-bond acceptors (Lipinski definition) is 5. The number of rotatable bonds is 7. The van der Waals surface area contributed by atoms with Gasteiger partial charge in [-0.3, -0.25) is 9.59 Å². The molecule has 1 aromatic carbocycles. The normalized spacial score (nSPS) is 17.1. The van der Waals surface area contributed by atoms with Crippen LogP contribution in [0.1, 0.15) is 49.0 Å². The molecule has 2 saturated heterocycles. The molecule has 7 nitrogen and oxygen atoms in total. The van der Waals surface area contributed by atoms with Gasteiger partial charge in [-0.1, -0.05) is 44.2 Å². The Morgan fingerprint density at radius 3 is 2.47 bits per heavy atom. The summed E-state index contributed by atoms with van der Waals surface area (Å²) in [5.41, 5.74) is 2.54. The van der Waals surface area contributed by atoms with Crippen molar-refractivity contribution in [1.29, 1.82) is 0 Å². The average Bonchev–Trinajstić information content (AvgIpc) is 2.85. The van der Waals surface area contributed by atoms with E-state index < -0.39 is 0 Å². The third-order valence-electron chi connectivity index (χ3n) is 6.66. The molecule has 34 heavy (non-hydrogen) atoms. The minimum atomic E-state index is -0.0492. The lowest BCUT2D eigenvalue weighted by molar-refractivity contribution is -0.116. The molecule has 0 bridgehead atoms. The van der Waals surface area contributed by atoms with Crippen molar-refractivity contribution in [3.8, 4) is 0 Å². The van der Waals surface area contributed by atoms with Gasteiger partial charge in [-0.05, 0) is 42.7 Å². The van der Waals surface area contributed by atoms with Crippen LogP contribution in [0.4, 0.5) is 11.5 Å². The standard InChI is InChI=1S/C27H37N5O2/c1-20(2)16-25(33)30-23-18-24(26(29-19-23)31-14-10-28-11-15-31)27(34)32-12-8-22(9-13-32)17-21-6-4-3-5-7-21/h3-7,18-20,22,28H,8-17H2,1-2H3,(H,30,33). The smallest absolute Gasteiger partial charge is 0.257 e. The number of pyridine rings is 1. The molecule has 3 heterocycles. The van der Waals surface area contributed by atoms with Gasteiger partial charge >= 0.3 is 0 Å². The summed E-state index contributed by atoms with van der Waals surface area (Å²) in [5, 5.41) is 6.29. The summed E-state index contributed by atoms with van der Waals surface area (Å²) in [6, 6.07) is 12.4. The zero-order valence-corrected chi connectivity index (χ0v) is 20.4. The molecule has 2 aliphatic heterocycles. The summed E-state index contributed by atoms with van der Waals surface area (Å²) in [5.74, 6) is 1.55. The Kier molecular flexibility index (Phi) is 8.16. The van der Waals surface area contributed by atoms with Crippen LogP contribution in [0.5, 0.6) is 0 Å². The van der Waals surface area contributed by atoms with Crippen molar-refractivity contribution >= 4 is 23.3 Å². The lowest BCUT2D eigenvalue weighted by Gasteiger charge is -2.34. The van der Waals surface area contributed by atoms with E-state index in [1.165, 1.54) is 5.56 Å². The number of amides is 2. The van der Waals surface area contributed by atoms with E-state index in [0.29, 0.717) is 23.6 Å². The molecule has 7 heteroatoms. The van der Waals surface area contributed by atoms with Crippen LogP contribution >= 0.6 is 0 Å². The van der Waals surface area contributed by atoms with E-state index in [2.05, 4.69) is 44.8 Å². The fraction of sp³-hybridized carbons (Fsp3) is 0.519. The van der Waals surface area contributed by atoms with Crippen LogP contribution in [0, 0.1) is 11.8 Å². The maximum atomic E-state index is 13.7. The van der Waals surface area contributed by atoms with E-state index in [9.17, 15) is 9.59 Å². The highest BCUT2D eigenvalue weighted by Gasteiger charge is 2.28. The molecule has 0 spiro atoms. The highest BCUT2D eigenvalue weighted by Crippen LogP contribution is 2.27. The lowest BCUT2D eigenvalue weighted by atomic mass is 9.90. The maximum Gasteiger partial charge on any atom is 0.257 e. The van der Waals surface area contributed by atoms with Crippen molar-refractivity contribution < 1.29 is 9.59 Å². The predicted octanol–water partition coefficient (Wildman–Crippen LogP) is 3.57. The van der Waals surface area contributed by atoms with E-state index in [1.54, 1.807) is 6.20 Å². The number of anilines is 2. The Morgan fingerprint density at radius 1 is 1.09 bits per heavy atom. The fourth-order valence-electron chi connectivity index (χ4n) is 4.85. The maximum absolute atomic E-state index is 13.7. The molecular weight excluding hydrogens is 426 g/mol. The molecule has 2 N–H and O–H groups in total. The van der Waals surface area contributed by atoms with Crippen molar-refractivity contribution in [2.75, 3.05) is 49.5 Å². The van der Waals surface area contributed by atoms with Crippen molar-refractivity contribution in [1.82, 2.24) is 15.2 Å². The quantitative estimate of drug-likeness (QED) is 0.656. The van der Waals surface area contributed by atoms with Crippen LogP contribution in [0.2, 0.25) is 0 Å². The molecule has 2 fully saturated rings. The van der Waals surface area contributed by atoms with Crippen molar-refractivity contribution in [2.24, 2.45) is 11.8 Å². The van der Waals surface area contributed by atoms with E-state index in [1.807, 2.05) is 30.9 Å². The van der Waals surface area contributed by atoms with Gasteiger partial charge in [-0.15, -0.1) is 0 Å². The van der Waals surface area contributed by atoms with Crippen LogP contribution in [0.15, 0.2) is 42.6 Å². The largest absolute Gasteiger partial charge is 0.353 e. The highest BCUT2D eigenvalue weighted by molar-refractivity contribution is 6.01. The summed E-state index contributed by atoms with van der Waals surface area (Å²) in [6.07, 6.45) is 5.19.